The van der Waals surface area contributed by atoms with Crippen molar-refractivity contribution in [1.29, 1.82) is 0 Å². The number of alkyl halides is 3. The number of carbonyl (C=O) groups is 1. The van der Waals surface area contributed by atoms with Gasteiger partial charge in [0.25, 0.3) is 0 Å². The number of rotatable bonds is 3. The predicted molar refractivity (Wildman–Crippen MR) is 89.6 cm³/mol. The van der Waals surface area contributed by atoms with Gasteiger partial charge in [0.2, 0.25) is 0 Å². The first-order valence-corrected chi connectivity index (χ1v) is 8.58. The topological polar surface area (TPSA) is 51.7 Å². The smallest absolute Gasteiger partial charge is 0.433 e. The van der Waals surface area contributed by atoms with Crippen molar-refractivity contribution >= 4 is 6.09 Å². The Bertz CT molecular complexity index is 634. The molecular weight excluding hydrogens is 349 g/mol. The summed E-state index contributed by atoms with van der Waals surface area (Å²) in [5, 5.41) is 0. The number of likely N-dealkylation sites (tertiary alicyclic amines) is 1. The number of carbonyl (C=O) groups excluding carboxylic acids is 1. The second-order valence-electron chi connectivity index (χ2n) is 7.48. The molecule has 1 aromatic rings. The summed E-state index contributed by atoms with van der Waals surface area (Å²) in [6, 6.07) is 2.61. The molecule has 1 aromatic heterocycles. The van der Waals surface area contributed by atoms with E-state index in [1.54, 1.807) is 11.0 Å². The van der Waals surface area contributed by atoms with Gasteiger partial charge >= 0.3 is 12.3 Å². The van der Waals surface area contributed by atoms with Crippen LogP contribution < -0.4 is 0 Å². The van der Waals surface area contributed by atoms with Crippen LogP contribution in [0.15, 0.2) is 12.1 Å². The Morgan fingerprint density at radius 3 is 2.38 bits per heavy atom. The molecule has 1 aliphatic heterocycles. The van der Waals surface area contributed by atoms with Gasteiger partial charge in [-0.1, -0.05) is 0 Å². The van der Waals surface area contributed by atoms with E-state index in [1.807, 2.05) is 20.8 Å². The molecule has 1 fully saturated rings. The highest BCUT2D eigenvalue weighted by Crippen LogP contribution is 2.29. The summed E-state index contributed by atoms with van der Waals surface area (Å²) in [6.07, 6.45) is -3.68. The predicted octanol–water partition coefficient (Wildman–Crippen LogP) is 4.32. The van der Waals surface area contributed by atoms with Crippen LogP contribution in [-0.2, 0) is 22.3 Å². The highest BCUT2D eigenvalue weighted by atomic mass is 19.4. The average molecular weight is 374 g/mol. The van der Waals surface area contributed by atoms with Gasteiger partial charge in [-0.3, -0.25) is 0 Å². The second-order valence-corrected chi connectivity index (χ2v) is 7.48. The van der Waals surface area contributed by atoms with Crippen LogP contribution in [0.1, 0.15) is 50.6 Å². The summed E-state index contributed by atoms with van der Waals surface area (Å²) in [5.41, 5.74) is -0.701. The van der Waals surface area contributed by atoms with Crippen LogP contribution in [0.4, 0.5) is 18.0 Å². The van der Waals surface area contributed by atoms with Gasteiger partial charge in [-0.05, 0) is 58.2 Å². The van der Waals surface area contributed by atoms with Gasteiger partial charge in [0.15, 0.2) is 0 Å². The lowest BCUT2D eigenvalue weighted by Crippen LogP contribution is -2.43. The van der Waals surface area contributed by atoms with Crippen molar-refractivity contribution in [3.8, 4) is 0 Å². The summed E-state index contributed by atoms with van der Waals surface area (Å²) in [4.78, 5) is 17.2. The third kappa shape index (κ3) is 6.16. The first kappa shape index (κ1) is 20.5. The minimum Gasteiger partial charge on any atom is -0.444 e. The normalized spacial score (nSPS) is 16.7. The fraction of sp³-hybridized carbons (Fsp3) is 0.667. The highest BCUT2D eigenvalue weighted by Gasteiger charge is 2.33. The third-order valence-electron chi connectivity index (χ3n) is 3.88. The average Bonchev–Trinajstić information content (AvgIpc) is 2.50. The molecule has 146 valence electrons. The van der Waals surface area contributed by atoms with E-state index in [2.05, 4.69) is 4.98 Å². The zero-order valence-electron chi connectivity index (χ0n) is 15.5. The number of nitrogens with zero attached hydrogens (tertiary/aromatic N) is 2. The van der Waals surface area contributed by atoms with Crippen LogP contribution in [-0.4, -0.2) is 40.8 Å². The van der Waals surface area contributed by atoms with Crippen LogP contribution in [0.3, 0.4) is 0 Å². The molecule has 0 spiro atoms. The minimum atomic E-state index is -4.47. The Balaban J connectivity index is 1.85. The van der Waals surface area contributed by atoms with Gasteiger partial charge in [0.1, 0.15) is 11.3 Å². The fourth-order valence-corrected chi connectivity index (χ4v) is 2.71. The molecule has 5 nitrogen and oxygen atoms in total. The zero-order chi connectivity index (χ0) is 19.5. The maximum Gasteiger partial charge on any atom is 0.433 e. The van der Waals surface area contributed by atoms with E-state index >= 15 is 0 Å². The maximum atomic E-state index is 12.8. The summed E-state index contributed by atoms with van der Waals surface area (Å²) >= 11 is 0. The molecule has 0 aromatic carbocycles. The van der Waals surface area contributed by atoms with Gasteiger partial charge < -0.3 is 14.4 Å². The molecule has 8 heteroatoms. The van der Waals surface area contributed by atoms with E-state index < -0.39 is 17.5 Å². The summed E-state index contributed by atoms with van der Waals surface area (Å²) in [5.74, 6) is 0. The lowest BCUT2D eigenvalue weighted by molar-refractivity contribution is -0.141. The molecule has 0 unspecified atom stereocenters. The van der Waals surface area contributed by atoms with Crippen LogP contribution in [0, 0.1) is 6.92 Å². The fourth-order valence-electron chi connectivity index (χ4n) is 2.71. The van der Waals surface area contributed by atoms with Gasteiger partial charge in [0.05, 0.1) is 12.7 Å². The zero-order valence-corrected chi connectivity index (χ0v) is 15.5. The van der Waals surface area contributed by atoms with Gasteiger partial charge in [0, 0.05) is 18.8 Å². The lowest BCUT2D eigenvalue weighted by Gasteiger charge is -2.33. The number of aromatic nitrogens is 1. The molecule has 1 saturated heterocycles. The molecule has 0 bridgehead atoms. The van der Waals surface area contributed by atoms with Crippen LogP contribution in [0.5, 0.6) is 0 Å². The van der Waals surface area contributed by atoms with Crippen molar-refractivity contribution in [2.75, 3.05) is 13.1 Å². The molecule has 0 saturated carbocycles. The van der Waals surface area contributed by atoms with Crippen molar-refractivity contribution in [1.82, 2.24) is 9.88 Å². The van der Waals surface area contributed by atoms with E-state index in [0.29, 0.717) is 37.2 Å². The highest BCUT2D eigenvalue weighted by molar-refractivity contribution is 5.68. The molecule has 26 heavy (non-hydrogen) atoms. The van der Waals surface area contributed by atoms with E-state index in [-0.39, 0.29) is 18.8 Å². The van der Waals surface area contributed by atoms with E-state index in [1.165, 1.54) is 6.92 Å². The van der Waals surface area contributed by atoms with Gasteiger partial charge in [-0.15, -0.1) is 0 Å². The van der Waals surface area contributed by atoms with E-state index in [9.17, 15) is 18.0 Å². The molecule has 0 radical (unpaired) electrons. The van der Waals surface area contributed by atoms with Crippen LogP contribution >= 0.6 is 0 Å². The summed E-state index contributed by atoms with van der Waals surface area (Å²) < 4.78 is 49.6. The minimum absolute atomic E-state index is 0.0868. The number of halogens is 3. The third-order valence-corrected chi connectivity index (χ3v) is 3.88. The number of hydrogen-bond acceptors (Lipinski definition) is 4. The molecule has 1 amide bonds. The molecule has 0 atom stereocenters. The molecule has 1 aliphatic rings. The molecule has 2 heterocycles. The Labute approximate surface area is 151 Å². The Morgan fingerprint density at radius 1 is 1.23 bits per heavy atom. The Kier molecular flexibility index (Phi) is 6.16. The largest absolute Gasteiger partial charge is 0.444 e. The van der Waals surface area contributed by atoms with Gasteiger partial charge in [-0.2, -0.15) is 13.2 Å². The molecule has 0 aliphatic carbocycles. The SMILES string of the molecule is Cc1cc(COC2CCN(C(=O)OC(C)(C)C)CC2)cc(C(F)(F)F)n1. The van der Waals surface area contributed by atoms with Crippen molar-refractivity contribution in [2.45, 2.75) is 65.0 Å². The monoisotopic (exact) mass is 374 g/mol. The first-order chi connectivity index (χ1) is 11.9. The Hall–Kier alpha value is -1.83. The number of hydrogen-bond donors (Lipinski definition) is 0. The second kappa shape index (κ2) is 7.82. The molecule has 2 rings (SSSR count). The van der Waals surface area contributed by atoms with Crippen molar-refractivity contribution in [3.05, 3.63) is 29.1 Å². The standard InChI is InChI=1S/C18H25F3N2O3/c1-12-9-13(10-15(22-12)18(19,20)21)11-25-14-5-7-23(8-6-14)16(24)26-17(2,3)4/h9-10,14H,5-8,11H2,1-4H3. The van der Waals surface area contributed by atoms with Crippen molar-refractivity contribution in [3.63, 3.8) is 0 Å². The lowest BCUT2D eigenvalue weighted by atomic mass is 10.1. The van der Waals surface area contributed by atoms with Crippen LogP contribution in [0.2, 0.25) is 0 Å². The quantitative estimate of drug-likeness (QED) is 0.790. The number of pyridine rings is 1. The van der Waals surface area contributed by atoms with Gasteiger partial charge in [-0.25, -0.2) is 9.78 Å². The summed E-state index contributed by atoms with van der Waals surface area (Å²) in [7, 11) is 0. The van der Waals surface area contributed by atoms with E-state index in [4.69, 9.17) is 9.47 Å². The number of amides is 1. The van der Waals surface area contributed by atoms with E-state index in [0.717, 1.165) is 6.07 Å². The van der Waals surface area contributed by atoms with Crippen LogP contribution in [0.25, 0.3) is 0 Å². The number of ether oxygens (including phenoxy) is 2. The molecular formula is C18H25F3N2O3. The van der Waals surface area contributed by atoms with Crippen molar-refractivity contribution in [2.24, 2.45) is 0 Å². The maximum absolute atomic E-state index is 12.8. The molecule has 0 N–H and O–H groups in total. The Morgan fingerprint density at radius 2 is 1.85 bits per heavy atom. The van der Waals surface area contributed by atoms with Crippen molar-refractivity contribution < 1.29 is 27.4 Å². The number of aryl methyl sites for hydroxylation is 1. The number of piperidine rings is 1. The summed E-state index contributed by atoms with van der Waals surface area (Å²) in [6.45, 7) is 8.05. The first-order valence-electron chi connectivity index (χ1n) is 8.58.